The van der Waals surface area contributed by atoms with Crippen molar-refractivity contribution in [2.24, 2.45) is 5.92 Å². The van der Waals surface area contributed by atoms with Crippen LogP contribution in [0.25, 0.3) is 0 Å². The quantitative estimate of drug-likeness (QED) is 0.797. The molecule has 22 heavy (non-hydrogen) atoms. The molecule has 120 valence electrons. The monoisotopic (exact) mass is 320 g/mol. The summed E-state index contributed by atoms with van der Waals surface area (Å²) in [5, 5.41) is 5.53. The van der Waals surface area contributed by atoms with E-state index in [4.69, 9.17) is 9.47 Å². The third kappa shape index (κ3) is 4.71. The molecule has 0 fully saturated rings. The Morgan fingerprint density at radius 3 is 2.68 bits per heavy atom. The van der Waals surface area contributed by atoms with Crippen LogP contribution in [-0.4, -0.2) is 18.7 Å². The normalized spacial score (nSPS) is 12.4. The lowest BCUT2D eigenvalue weighted by Crippen LogP contribution is -2.18. The minimum absolute atomic E-state index is 0.217. The SMILES string of the molecule is COc1cc(C(C)NCc2cscn2)ccc1OCC(C)C. The fraction of sp³-hybridized carbons (Fsp3) is 0.471. The number of nitrogens with zero attached hydrogens (tertiary/aromatic N) is 1. The van der Waals surface area contributed by atoms with Gasteiger partial charge in [0, 0.05) is 18.0 Å². The van der Waals surface area contributed by atoms with E-state index in [9.17, 15) is 0 Å². The number of methoxy groups -OCH3 is 1. The van der Waals surface area contributed by atoms with Gasteiger partial charge in [-0.1, -0.05) is 19.9 Å². The lowest BCUT2D eigenvalue weighted by molar-refractivity contribution is 0.256. The van der Waals surface area contributed by atoms with Gasteiger partial charge in [0.25, 0.3) is 0 Å². The van der Waals surface area contributed by atoms with Gasteiger partial charge in [-0.05, 0) is 30.5 Å². The van der Waals surface area contributed by atoms with Gasteiger partial charge in [-0.2, -0.15) is 0 Å². The van der Waals surface area contributed by atoms with Gasteiger partial charge in [0.2, 0.25) is 0 Å². The summed E-state index contributed by atoms with van der Waals surface area (Å²) in [4.78, 5) is 4.28. The van der Waals surface area contributed by atoms with Gasteiger partial charge >= 0.3 is 0 Å². The molecule has 0 saturated heterocycles. The Kier molecular flexibility index (Phi) is 6.21. The van der Waals surface area contributed by atoms with Gasteiger partial charge in [0.1, 0.15) is 0 Å². The fourth-order valence-corrected chi connectivity index (χ4v) is 2.59. The standard InChI is InChI=1S/C17H24N2O2S/c1-12(2)9-21-16-6-5-14(7-17(16)20-4)13(3)18-8-15-10-22-11-19-15/h5-7,10-13,18H,8-9H2,1-4H3. The second-order valence-electron chi connectivity index (χ2n) is 5.70. The Labute approximate surface area is 136 Å². The van der Waals surface area contributed by atoms with Crippen LogP contribution in [0.2, 0.25) is 0 Å². The van der Waals surface area contributed by atoms with E-state index in [2.05, 4.69) is 42.5 Å². The number of hydrogen-bond acceptors (Lipinski definition) is 5. The summed E-state index contributed by atoms with van der Waals surface area (Å²) in [7, 11) is 1.68. The minimum Gasteiger partial charge on any atom is -0.493 e. The minimum atomic E-state index is 0.217. The summed E-state index contributed by atoms with van der Waals surface area (Å²) in [6, 6.07) is 6.32. The van der Waals surface area contributed by atoms with Crippen LogP contribution in [0.3, 0.4) is 0 Å². The van der Waals surface area contributed by atoms with E-state index in [-0.39, 0.29) is 6.04 Å². The highest BCUT2D eigenvalue weighted by Crippen LogP contribution is 2.30. The van der Waals surface area contributed by atoms with Crippen molar-refractivity contribution in [3.8, 4) is 11.5 Å². The van der Waals surface area contributed by atoms with Crippen LogP contribution in [0.15, 0.2) is 29.1 Å². The molecule has 1 N–H and O–H groups in total. The largest absolute Gasteiger partial charge is 0.493 e. The Morgan fingerprint density at radius 2 is 2.05 bits per heavy atom. The number of hydrogen-bond donors (Lipinski definition) is 1. The summed E-state index contributed by atoms with van der Waals surface area (Å²) in [5.74, 6) is 2.06. The molecule has 4 nitrogen and oxygen atoms in total. The molecule has 1 aromatic heterocycles. The Bertz CT molecular complexity index is 570. The molecule has 2 aromatic rings. The first kappa shape index (κ1) is 16.8. The average Bonchev–Trinajstić information content (AvgIpc) is 3.03. The molecular formula is C17H24N2O2S. The molecule has 0 spiro atoms. The third-order valence-electron chi connectivity index (χ3n) is 3.33. The van der Waals surface area contributed by atoms with Crippen LogP contribution < -0.4 is 14.8 Å². The van der Waals surface area contributed by atoms with Gasteiger partial charge in [0.05, 0.1) is 24.9 Å². The maximum absolute atomic E-state index is 5.79. The van der Waals surface area contributed by atoms with E-state index >= 15 is 0 Å². The number of thiazole rings is 1. The summed E-state index contributed by atoms with van der Waals surface area (Å²) in [5.41, 5.74) is 4.09. The number of rotatable bonds is 8. The molecule has 0 radical (unpaired) electrons. The Morgan fingerprint density at radius 1 is 1.23 bits per heavy atom. The molecular weight excluding hydrogens is 296 g/mol. The second kappa shape index (κ2) is 8.15. The van der Waals surface area contributed by atoms with Crippen molar-refractivity contribution in [3.63, 3.8) is 0 Å². The molecule has 0 bridgehead atoms. The van der Waals surface area contributed by atoms with Crippen molar-refractivity contribution in [1.82, 2.24) is 10.3 Å². The number of nitrogens with one attached hydrogen (secondary N) is 1. The summed E-state index contributed by atoms with van der Waals surface area (Å²) >= 11 is 1.62. The van der Waals surface area contributed by atoms with Crippen molar-refractivity contribution in [3.05, 3.63) is 40.3 Å². The van der Waals surface area contributed by atoms with E-state index in [1.54, 1.807) is 18.4 Å². The molecule has 0 saturated carbocycles. The number of benzene rings is 1. The van der Waals surface area contributed by atoms with Crippen LogP contribution >= 0.6 is 11.3 Å². The van der Waals surface area contributed by atoms with Gasteiger partial charge < -0.3 is 14.8 Å². The van der Waals surface area contributed by atoms with Crippen LogP contribution in [-0.2, 0) is 6.54 Å². The first-order valence-corrected chi connectivity index (χ1v) is 8.45. The first-order chi connectivity index (χ1) is 10.6. The van der Waals surface area contributed by atoms with E-state index in [1.165, 1.54) is 5.56 Å². The molecule has 1 heterocycles. The van der Waals surface area contributed by atoms with Gasteiger partial charge in [-0.3, -0.25) is 0 Å². The zero-order valence-corrected chi connectivity index (χ0v) is 14.4. The molecule has 1 unspecified atom stereocenters. The van der Waals surface area contributed by atoms with Gasteiger partial charge in [0.15, 0.2) is 11.5 Å². The molecule has 2 rings (SSSR count). The topological polar surface area (TPSA) is 43.4 Å². The number of ether oxygens (including phenoxy) is 2. The highest BCUT2D eigenvalue weighted by Gasteiger charge is 2.11. The van der Waals surface area contributed by atoms with Gasteiger partial charge in [-0.15, -0.1) is 11.3 Å². The van der Waals surface area contributed by atoms with Crippen LogP contribution in [0, 0.1) is 5.92 Å². The lowest BCUT2D eigenvalue weighted by Gasteiger charge is -2.17. The highest BCUT2D eigenvalue weighted by molar-refractivity contribution is 7.07. The maximum Gasteiger partial charge on any atom is 0.161 e. The van der Waals surface area contributed by atoms with Gasteiger partial charge in [-0.25, -0.2) is 4.98 Å². The lowest BCUT2D eigenvalue weighted by atomic mass is 10.1. The fourth-order valence-electron chi connectivity index (χ4n) is 2.03. The average molecular weight is 320 g/mol. The molecule has 0 amide bonds. The third-order valence-corrected chi connectivity index (χ3v) is 3.97. The van der Waals surface area contributed by atoms with Crippen LogP contribution in [0.1, 0.15) is 38.1 Å². The maximum atomic E-state index is 5.79. The summed E-state index contributed by atoms with van der Waals surface area (Å²) < 4.78 is 11.2. The van der Waals surface area contributed by atoms with Crippen molar-refractivity contribution in [2.75, 3.05) is 13.7 Å². The van der Waals surface area contributed by atoms with Crippen molar-refractivity contribution < 1.29 is 9.47 Å². The molecule has 0 aliphatic carbocycles. The van der Waals surface area contributed by atoms with E-state index in [0.29, 0.717) is 12.5 Å². The molecule has 1 aromatic carbocycles. The predicted octanol–water partition coefficient (Wildman–Crippen LogP) is 4.04. The van der Waals surface area contributed by atoms with Crippen molar-refractivity contribution in [2.45, 2.75) is 33.4 Å². The van der Waals surface area contributed by atoms with Crippen molar-refractivity contribution in [1.29, 1.82) is 0 Å². The second-order valence-corrected chi connectivity index (χ2v) is 6.42. The zero-order valence-electron chi connectivity index (χ0n) is 13.6. The summed E-state index contributed by atoms with van der Waals surface area (Å²) in [6.45, 7) is 7.85. The smallest absolute Gasteiger partial charge is 0.161 e. The van der Waals surface area contributed by atoms with E-state index in [0.717, 1.165) is 23.7 Å². The van der Waals surface area contributed by atoms with E-state index < -0.39 is 0 Å². The zero-order chi connectivity index (χ0) is 15.9. The van der Waals surface area contributed by atoms with Crippen LogP contribution in [0.4, 0.5) is 0 Å². The highest BCUT2D eigenvalue weighted by atomic mass is 32.1. The summed E-state index contributed by atoms with van der Waals surface area (Å²) in [6.07, 6.45) is 0. The van der Waals surface area contributed by atoms with Crippen LogP contribution in [0.5, 0.6) is 11.5 Å². The number of aromatic nitrogens is 1. The molecule has 0 aliphatic rings. The van der Waals surface area contributed by atoms with Crippen molar-refractivity contribution >= 4 is 11.3 Å². The first-order valence-electron chi connectivity index (χ1n) is 7.51. The van der Waals surface area contributed by atoms with E-state index in [1.807, 2.05) is 17.6 Å². The Hall–Kier alpha value is -1.59. The molecule has 1 atom stereocenters. The molecule has 0 aliphatic heterocycles. The Balaban J connectivity index is 2.01. The predicted molar refractivity (Wildman–Crippen MR) is 90.7 cm³/mol. The molecule has 5 heteroatoms.